The molecule has 3 aromatic rings. The maximum absolute atomic E-state index is 10.1. The molecule has 1 aliphatic carbocycles. The van der Waals surface area contributed by atoms with Gasteiger partial charge in [-0.25, -0.2) is 15.0 Å². The van der Waals surface area contributed by atoms with Crippen molar-refractivity contribution >= 4 is 16.9 Å². The number of nitrogens with zero attached hydrogens (tertiary/aromatic N) is 4. The van der Waals surface area contributed by atoms with Crippen LogP contribution in [0.1, 0.15) is 24.6 Å². The number of anilines is 1. The maximum Gasteiger partial charge on any atom is 0.222 e. The van der Waals surface area contributed by atoms with Crippen molar-refractivity contribution in [2.24, 2.45) is 0 Å². The molecule has 0 unspecified atom stereocenters. The summed E-state index contributed by atoms with van der Waals surface area (Å²) in [6, 6.07) is 7.38. The number of benzene rings is 1. The molecule has 1 saturated carbocycles. The summed E-state index contributed by atoms with van der Waals surface area (Å²) < 4.78 is 0. The quantitative estimate of drug-likeness (QED) is 0.746. The van der Waals surface area contributed by atoms with Gasteiger partial charge >= 0.3 is 0 Å². The molecule has 4 rings (SSSR count). The summed E-state index contributed by atoms with van der Waals surface area (Å²) in [5, 5.41) is 10.8. The van der Waals surface area contributed by atoms with Gasteiger partial charge in [0.25, 0.3) is 0 Å². The molecule has 0 atom stereocenters. The van der Waals surface area contributed by atoms with Crippen molar-refractivity contribution in [1.29, 1.82) is 0 Å². The predicted octanol–water partition coefficient (Wildman–Crippen LogP) is 2.25. The van der Waals surface area contributed by atoms with Gasteiger partial charge in [-0.1, -0.05) is 6.07 Å². The van der Waals surface area contributed by atoms with Crippen molar-refractivity contribution in [3.8, 4) is 17.1 Å². The van der Waals surface area contributed by atoms with Crippen LogP contribution >= 0.6 is 0 Å². The predicted molar refractivity (Wildman–Crippen MR) is 78.6 cm³/mol. The topological polar surface area (TPSA) is 97.8 Å². The number of hydrogen-bond acceptors (Lipinski definition) is 6. The minimum Gasteiger partial charge on any atom is -0.493 e. The Morgan fingerprint density at radius 1 is 1.10 bits per heavy atom. The zero-order valence-electron chi connectivity index (χ0n) is 11.2. The molecular formula is C15H13N5O. The lowest BCUT2D eigenvalue weighted by Gasteiger charge is -2.06. The number of hydrogen-bond donors (Lipinski definition) is 2. The Morgan fingerprint density at radius 2 is 1.95 bits per heavy atom. The van der Waals surface area contributed by atoms with Crippen molar-refractivity contribution in [3.63, 3.8) is 0 Å². The van der Waals surface area contributed by atoms with E-state index in [0.717, 1.165) is 29.7 Å². The molecule has 104 valence electrons. The summed E-state index contributed by atoms with van der Waals surface area (Å²) >= 11 is 0. The van der Waals surface area contributed by atoms with Gasteiger partial charge < -0.3 is 10.8 Å². The van der Waals surface area contributed by atoms with Crippen LogP contribution in [0.5, 0.6) is 5.88 Å². The molecule has 0 amide bonds. The second-order valence-corrected chi connectivity index (χ2v) is 5.21. The van der Waals surface area contributed by atoms with E-state index in [1.807, 2.05) is 18.2 Å². The minimum absolute atomic E-state index is 0.0192. The highest BCUT2D eigenvalue weighted by atomic mass is 16.3. The van der Waals surface area contributed by atoms with Gasteiger partial charge in [-0.05, 0) is 31.0 Å². The smallest absolute Gasteiger partial charge is 0.222 e. The van der Waals surface area contributed by atoms with E-state index in [1.54, 1.807) is 12.3 Å². The first-order valence-corrected chi connectivity index (χ1v) is 6.80. The number of nitrogen functional groups attached to an aromatic ring is 1. The van der Waals surface area contributed by atoms with Gasteiger partial charge in [0.1, 0.15) is 5.82 Å². The van der Waals surface area contributed by atoms with Crippen LogP contribution < -0.4 is 5.73 Å². The van der Waals surface area contributed by atoms with Gasteiger partial charge in [0.2, 0.25) is 11.8 Å². The van der Waals surface area contributed by atoms with E-state index in [-0.39, 0.29) is 11.8 Å². The lowest BCUT2D eigenvalue weighted by molar-refractivity contribution is 0.456. The van der Waals surface area contributed by atoms with Crippen LogP contribution in [0.15, 0.2) is 30.5 Å². The molecular weight excluding hydrogens is 266 g/mol. The molecule has 6 heteroatoms. The van der Waals surface area contributed by atoms with Crippen LogP contribution in [0.2, 0.25) is 0 Å². The van der Waals surface area contributed by atoms with Crippen molar-refractivity contribution in [2.45, 2.75) is 18.8 Å². The van der Waals surface area contributed by atoms with Gasteiger partial charge in [0, 0.05) is 17.7 Å². The second-order valence-electron chi connectivity index (χ2n) is 5.21. The van der Waals surface area contributed by atoms with Crippen LogP contribution in [0.25, 0.3) is 22.2 Å². The van der Waals surface area contributed by atoms with Crippen LogP contribution in [0.3, 0.4) is 0 Å². The molecule has 0 bridgehead atoms. The summed E-state index contributed by atoms with van der Waals surface area (Å²) in [4.78, 5) is 16.8. The van der Waals surface area contributed by atoms with Crippen molar-refractivity contribution in [1.82, 2.24) is 19.9 Å². The van der Waals surface area contributed by atoms with E-state index in [0.29, 0.717) is 17.0 Å². The second kappa shape index (κ2) is 4.37. The van der Waals surface area contributed by atoms with E-state index < -0.39 is 0 Å². The first kappa shape index (κ1) is 12.0. The molecule has 3 N–H and O–H groups in total. The maximum atomic E-state index is 10.1. The Hall–Kier alpha value is -2.76. The Morgan fingerprint density at radius 3 is 2.71 bits per heavy atom. The molecule has 0 saturated heterocycles. The third-order valence-corrected chi connectivity index (χ3v) is 3.61. The standard InChI is InChI=1S/C15H13N5O/c16-15-17-6-5-11(19-15)9-3-4-12-10(7-9)14(21)20-13(18-12)8-1-2-8/h3-8H,1-2H2,(H2,16,17,19)(H,18,20,21). The molecule has 21 heavy (non-hydrogen) atoms. The highest BCUT2D eigenvalue weighted by molar-refractivity contribution is 5.87. The fraction of sp³-hybridized carbons (Fsp3) is 0.200. The Labute approximate surface area is 120 Å². The lowest BCUT2D eigenvalue weighted by atomic mass is 10.1. The highest BCUT2D eigenvalue weighted by Crippen LogP contribution is 2.39. The van der Waals surface area contributed by atoms with E-state index in [4.69, 9.17) is 5.73 Å². The molecule has 2 aromatic heterocycles. The third kappa shape index (κ3) is 2.14. The average Bonchev–Trinajstić information content (AvgIpc) is 3.31. The normalized spacial score (nSPS) is 14.5. The zero-order chi connectivity index (χ0) is 14.4. The first-order chi connectivity index (χ1) is 10.2. The van der Waals surface area contributed by atoms with Gasteiger partial charge in [0.15, 0.2) is 0 Å². The molecule has 0 aliphatic heterocycles. The van der Waals surface area contributed by atoms with Crippen LogP contribution in [0.4, 0.5) is 5.95 Å². The van der Waals surface area contributed by atoms with Crippen molar-refractivity contribution < 1.29 is 5.11 Å². The Balaban J connectivity index is 1.86. The fourth-order valence-electron chi connectivity index (χ4n) is 2.35. The molecule has 1 aromatic carbocycles. The SMILES string of the molecule is Nc1nccc(-c2ccc3nc(C4CC4)nc(O)c3c2)n1. The summed E-state index contributed by atoms with van der Waals surface area (Å²) in [6.07, 6.45) is 3.81. The van der Waals surface area contributed by atoms with E-state index >= 15 is 0 Å². The third-order valence-electron chi connectivity index (χ3n) is 3.61. The Bertz CT molecular complexity index is 845. The summed E-state index contributed by atoms with van der Waals surface area (Å²) in [5.41, 5.74) is 7.89. The van der Waals surface area contributed by atoms with Gasteiger partial charge in [-0.3, -0.25) is 0 Å². The summed E-state index contributed by atoms with van der Waals surface area (Å²) in [5.74, 6) is 1.38. The number of aromatic hydroxyl groups is 1. The Kier molecular flexibility index (Phi) is 2.50. The molecule has 0 spiro atoms. The molecule has 1 aliphatic rings. The fourth-order valence-corrected chi connectivity index (χ4v) is 2.35. The van der Waals surface area contributed by atoms with Gasteiger partial charge in [-0.2, -0.15) is 4.98 Å². The zero-order valence-corrected chi connectivity index (χ0v) is 11.2. The molecule has 2 heterocycles. The lowest BCUT2D eigenvalue weighted by Crippen LogP contribution is -1.96. The number of rotatable bonds is 2. The van der Waals surface area contributed by atoms with Crippen molar-refractivity contribution in [3.05, 3.63) is 36.3 Å². The van der Waals surface area contributed by atoms with Crippen LogP contribution in [0, 0.1) is 0 Å². The van der Waals surface area contributed by atoms with Crippen LogP contribution in [-0.2, 0) is 0 Å². The number of fused-ring (bicyclic) bond motifs is 1. The van der Waals surface area contributed by atoms with E-state index in [2.05, 4.69) is 19.9 Å². The van der Waals surface area contributed by atoms with Crippen LogP contribution in [-0.4, -0.2) is 25.0 Å². The highest BCUT2D eigenvalue weighted by Gasteiger charge is 2.27. The first-order valence-electron chi connectivity index (χ1n) is 6.80. The summed E-state index contributed by atoms with van der Waals surface area (Å²) in [6.45, 7) is 0. The van der Waals surface area contributed by atoms with Gasteiger partial charge in [0.05, 0.1) is 16.6 Å². The largest absolute Gasteiger partial charge is 0.493 e. The van der Waals surface area contributed by atoms with Gasteiger partial charge in [-0.15, -0.1) is 0 Å². The van der Waals surface area contributed by atoms with E-state index in [9.17, 15) is 5.11 Å². The summed E-state index contributed by atoms with van der Waals surface area (Å²) in [7, 11) is 0. The minimum atomic E-state index is 0.0192. The average molecular weight is 279 g/mol. The number of aromatic nitrogens is 4. The molecule has 0 radical (unpaired) electrons. The number of nitrogens with two attached hydrogens (primary N) is 1. The molecule has 6 nitrogen and oxygen atoms in total. The monoisotopic (exact) mass is 279 g/mol. The van der Waals surface area contributed by atoms with Crippen molar-refractivity contribution in [2.75, 3.05) is 5.73 Å². The molecule has 1 fully saturated rings. The van der Waals surface area contributed by atoms with E-state index in [1.165, 1.54) is 0 Å².